The van der Waals surface area contributed by atoms with Gasteiger partial charge >= 0.3 is 0 Å². The molecule has 0 unspecified atom stereocenters. The average molecular weight is 947 g/mol. The normalized spacial score (nSPS) is 53.5. The molecule has 18 heteroatoms. The largest absolute Gasteiger partial charge is 0.394 e. The lowest BCUT2D eigenvalue weighted by Gasteiger charge is -2.72. The Bertz CT molecular complexity index is 1700. The molecule has 26 atom stereocenters. The minimum absolute atomic E-state index is 0.0861. The number of aliphatic hydroxyl groups is 12. The first kappa shape index (κ1) is 52.8. The van der Waals surface area contributed by atoms with Gasteiger partial charge in [0.1, 0.15) is 67.1 Å². The molecule has 0 aromatic heterocycles. The van der Waals surface area contributed by atoms with Crippen molar-refractivity contribution >= 4 is 0 Å². The quantitative estimate of drug-likeness (QED) is 0.0904. The summed E-state index contributed by atoms with van der Waals surface area (Å²) in [6.45, 7) is 16.8. The molecule has 0 aromatic carbocycles. The number of hydrogen-bond acceptors (Lipinski definition) is 18. The molecule has 0 radical (unpaired) electrons. The topological polar surface area (TPSA) is 298 Å². The number of ether oxygens (including phenoxy) is 6. The Hall–Kier alpha value is -0.980. The number of fused-ring (bicyclic) bond motifs is 5. The summed E-state index contributed by atoms with van der Waals surface area (Å²) in [6, 6.07) is 0. The maximum absolute atomic E-state index is 12.7. The molecule has 7 aliphatic rings. The van der Waals surface area contributed by atoms with Crippen LogP contribution in [-0.4, -0.2) is 191 Å². The van der Waals surface area contributed by atoms with Crippen LogP contribution in [0.15, 0.2) is 11.6 Å². The SMILES string of the molecule is CC(C)=CCC[C@](C)(O[C@@H]1O[C@H](CO)[C@@H](O)[C@H](O)[C@H]1O)[C@H]1CC[C@]2(C)[C@H]1[C@H](O)C[C@@H]1[C@@]3(C)CC[C@H](O)C(C)(C)[C@H]3[C@@H](O[C@@H]3O[C@H](CO)[C@@H](O)[C@H](O)[C@H]3O[C@@H]3O[C@@H](C)[C@H](O)[C@@H](O)[C@H]3O)C[C@]12C. The summed E-state index contributed by atoms with van der Waals surface area (Å²) >= 11 is 0. The van der Waals surface area contributed by atoms with Crippen molar-refractivity contribution in [3.63, 3.8) is 0 Å². The standard InChI is InChI=1S/C48H82O18/c1-21(2)11-10-14-48(9,66-42-38(60)35(57)32(54)26(19-49)63-42)23-12-16-46(7)30(23)24(51)17-28-45(6)15-13-29(52)44(4,5)40(45)25(18-47(28,46)8)62-43-39(36(58)33(55)27(20-50)64-43)65-41-37(59)34(56)31(53)22(3)61-41/h11,22-43,49-60H,10,12-20H2,1-9H3/t22-,23-,24+,25-,26+,27+,28+,29-,30+,31-,32+,33+,34+,35-,36-,37+,38+,39+,40+,41-,42-,43+,45+,46+,47+,48-/m0/s1. The van der Waals surface area contributed by atoms with Gasteiger partial charge in [-0.15, -0.1) is 0 Å². The summed E-state index contributed by atoms with van der Waals surface area (Å²) in [4.78, 5) is 0. The van der Waals surface area contributed by atoms with Crippen LogP contribution in [0.3, 0.4) is 0 Å². The summed E-state index contributed by atoms with van der Waals surface area (Å²) in [5, 5.41) is 132. The third-order valence-electron chi connectivity index (χ3n) is 18.7. The smallest absolute Gasteiger partial charge is 0.187 e. The lowest BCUT2D eigenvalue weighted by atomic mass is 9.34. The van der Waals surface area contributed by atoms with Gasteiger partial charge in [-0.1, -0.05) is 46.3 Å². The fourth-order valence-corrected chi connectivity index (χ4v) is 14.9. The van der Waals surface area contributed by atoms with Crippen LogP contribution in [0.4, 0.5) is 0 Å². The van der Waals surface area contributed by atoms with Gasteiger partial charge in [0.25, 0.3) is 0 Å². The lowest BCUT2D eigenvalue weighted by Crippen LogP contribution is -2.71. The summed E-state index contributed by atoms with van der Waals surface area (Å²) < 4.78 is 38.1. The van der Waals surface area contributed by atoms with E-state index in [0.717, 1.165) is 5.57 Å². The molecule has 0 bridgehead atoms. The molecule has 3 aliphatic heterocycles. The van der Waals surface area contributed by atoms with Gasteiger partial charge in [0.05, 0.1) is 43.2 Å². The van der Waals surface area contributed by atoms with Gasteiger partial charge in [0.15, 0.2) is 18.9 Å². The second-order valence-corrected chi connectivity index (χ2v) is 23.0. The minimum atomic E-state index is -1.75. The second-order valence-electron chi connectivity index (χ2n) is 23.0. The summed E-state index contributed by atoms with van der Waals surface area (Å²) in [7, 11) is 0. The molecule has 3 saturated heterocycles. The first-order valence-corrected chi connectivity index (χ1v) is 24.3. The van der Waals surface area contributed by atoms with Crippen LogP contribution in [0.5, 0.6) is 0 Å². The number of allylic oxidation sites excluding steroid dienone is 2. The molecule has 4 aliphatic carbocycles. The van der Waals surface area contributed by atoms with Gasteiger partial charge in [-0.25, -0.2) is 0 Å². The highest BCUT2D eigenvalue weighted by Gasteiger charge is 2.74. The monoisotopic (exact) mass is 947 g/mol. The Morgan fingerprint density at radius 3 is 1.89 bits per heavy atom. The first-order chi connectivity index (χ1) is 30.7. The van der Waals surface area contributed by atoms with Crippen molar-refractivity contribution in [1.82, 2.24) is 0 Å². The van der Waals surface area contributed by atoms with Crippen LogP contribution in [0, 0.1) is 45.3 Å². The van der Waals surface area contributed by atoms with Crippen molar-refractivity contribution in [1.29, 1.82) is 0 Å². The van der Waals surface area contributed by atoms with E-state index in [-0.39, 0.29) is 23.7 Å². The van der Waals surface area contributed by atoms with E-state index in [1.54, 1.807) is 0 Å². The van der Waals surface area contributed by atoms with E-state index in [0.29, 0.717) is 51.4 Å². The Kier molecular flexibility index (Phi) is 15.4. The van der Waals surface area contributed by atoms with E-state index in [1.807, 2.05) is 34.6 Å². The summed E-state index contributed by atoms with van der Waals surface area (Å²) in [6.07, 6.45) is -18.3. The molecule has 4 saturated carbocycles. The van der Waals surface area contributed by atoms with Crippen LogP contribution >= 0.6 is 0 Å². The third kappa shape index (κ3) is 8.69. The maximum Gasteiger partial charge on any atom is 0.187 e. The molecule has 0 amide bonds. The zero-order chi connectivity index (χ0) is 48.8. The van der Waals surface area contributed by atoms with E-state index < -0.39 is 151 Å². The fraction of sp³-hybridized carbons (Fsp3) is 0.958. The maximum atomic E-state index is 12.7. The minimum Gasteiger partial charge on any atom is -0.394 e. The van der Waals surface area contributed by atoms with Crippen molar-refractivity contribution in [2.24, 2.45) is 45.3 Å². The van der Waals surface area contributed by atoms with E-state index in [9.17, 15) is 61.3 Å². The predicted octanol–water partition coefficient (Wildman–Crippen LogP) is -0.0284. The molecular formula is C48H82O18. The average Bonchev–Trinajstić information content (AvgIpc) is 3.64. The zero-order valence-electron chi connectivity index (χ0n) is 40.2. The highest BCUT2D eigenvalue weighted by Crippen LogP contribution is 2.76. The number of hydrogen-bond donors (Lipinski definition) is 12. The van der Waals surface area contributed by atoms with Gasteiger partial charge < -0.3 is 89.7 Å². The van der Waals surface area contributed by atoms with Crippen LogP contribution in [0.1, 0.15) is 114 Å². The lowest BCUT2D eigenvalue weighted by molar-refractivity contribution is -0.382. The number of aliphatic hydroxyl groups excluding tert-OH is 12. The van der Waals surface area contributed by atoms with Crippen molar-refractivity contribution in [3.8, 4) is 0 Å². The van der Waals surface area contributed by atoms with E-state index >= 15 is 0 Å². The Labute approximate surface area is 388 Å². The van der Waals surface area contributed by atoms with E-state index in [2.05, 4.69) is 26.8 Å². The van der Waals surface area contributed by atoms with Gasteiger partial charge in [-0.05, 0) is 124 Å². The van der Waals surface area contributed by atoms with Crippen molar-refractivity contribution in [2.75, 3.05) is 13.2 Å². The summed E-state index contributed by atoms with van der Waals surface area (Å²) in [5.74, 6) is -1.12. The van der Waals surface area contributed by atoms with E-state index in [1.165, 1.54) is 6.92 Å². The highest BCUT2D eigenvalue weighted by atomic mass is 16.8. The Morgan fingerprint density at radius 1 is 0.682 bits per heavy atom. The molecule has 0 aromatic rings. The third-order valence-corrected chi connectivity index (χ3v) is 18.7. The van der Waals surface area contributed by atoms with Gasteiger partial charge in [-0.2, -0.15) is 0 Å². The van der Waals surface area contributed by atoms with Gasteiger partial charge in [-0.3, -0.25) is 0 Å². The molecular weight excluding hydrogens is 865 g/mol. The Balaban J connectivity index is 1.27. The van der Waals surface area contributed by atoms with Gasteiger partial charge in [0, 0.05) is 0 Å². The predicted molar refractivity (Wildman–Crippen MR) is 234 cm³/mol. The van der Waals surface area contributed by atoms with E-state index in [4.69, 9.17) is 28.4 Å². The van der Waals surface area contributed by atoms with Crippen molar-refractivity contribution in [2.45, 2.75) is 230 Å². The van der Waals surface area contributed by atoms with Crippen molar-refractivity contribution in [3.05, 3.63) is 11.6 Å². The molecule has 18 nitrogen and oxygen atoms in total. The Morgan fingerprint density at radius 2 is 1.27 bits per heavy atom. The summed E-state index contributed by atoms with van der Waals surface area (Å²) in [5.41, 5.74) is -2.43. The highest BCUT2D eigenvalue weighted by molar-refractivity contribution is 5.22. The molecule has 7 rings (SSSR count). The fourth-order valence-electron chi connectivity index (χ4n) is 14.9. The molecule has 3 heterocycles. The van der Waals surface area contributed by atoms with Crippen LogP contribution < -0.4 is 0 Å². The van der Waals surface area contributed by atoms with Crippen LogP contribution in [-0.2, 0) is 28.4 Å². The molecule has 0 spiro atoms. The molecule has 7 fully saturated rings. The second kappa shape index (κ2) is 19.2. The number of rotatable bonds is 12. The zero-order valence-corrected chi connectivity index (χ0v) is 40.2. The van der Waals surface area contributed by atoms with Gasteiger partial charge in [0.2, 0.25) is 0 Å². The van der Waals surface area contributed by atoms with Crippen molar-refractivity contribution < 1.29 is 89.7 Å². The molecule has 382 valence electrons. The first-order valence-electron chi connectivity index (χ1n) is 24.3. The molecule has 66 heavy (non-hydrogen) atoms. The van der Waals surface area contributed by atoms with Crippen LogP contribution in [0.2, 0.25) is 0 Å². The van der Waals surface area contributed by atoms with Crippen LogP contribution in [0.25, 0.3) is 0 Å². The molecule has 12 N–H and O–H groups in total.